The molecule has 0 aliphatic carbocycles. The van der Waals surface area contributed by atoms with Crippen LogP contribution in [0.4, 0.5) is 10.1 Å². The Bertz CT molecular complexity index is 642. The molecule has 0 radical (unpaired) electrons. The zero-order valence-electron chi connectivity index (χ0n) is 12.7. The largest absolute Gasteiger partial charge is 0.497 e. The summed E-state index contributed by atoms with van der Waals surface area (Å²) in [5, 5.41) is 5.74. The molecule has 0 unspecified atom stereocenters. The number of methoxy groups -OCH3 is 1. The number of carbonyl (C=O) groups excluding carboxylic acids is 1. The number of hydrogen-bond donors (Lipinski definition) is 2. The van der Waals surface area contributed by atoms with Crippen LogP contribution in [0.1, 0.15) is 11.1 Å². The summed E-state index contributed by atoms with van der Waals surface area (Å²) in [6.07, 6.45) is 0. The molecule has 2 aromatic rings. The van der Waals surface area contributed by atoms with Gasteiger partial charge in [0.15, 0.2) is 0 Å². The van der Waals surface area contributed by atoms with Gasteiger partial charge in [0.2, 0.25) is 5.91 Å². The van der Waals surface area contributed by atoms with Crippen molar-refractivity contribution in [1.29, 1.82) is 0 Å². The zero-order valence-corrected chi connectivity index (χ0v) is 12.7. The number of nitrogens with one attached hydrogen (secondary N) is 2. The van der Waals surface area contributed by atoms with E-state index in [9.17, 15) is 9.18 Å². The van der Waals surface area contributed by atoms with Crippen molar-refractivity contribution in [2.75, 3.05) is 19.0 Å². The van der Waals surface area contributed by atoms with Gasteiger partial charge in [-0.15, -0.1) is 0 Å². The lowest BCUT2D eigenvalue weighted by Crippen LogP contribution is -2.29. The van der Waals surface area contributed by atoms with Gasteiger partial charge in [-0.05, 0) is 42.3 Å². The molecule has 1 amide bonds. The van der Waals surface area contributed by atoms with Crippen LogP contribution in [-0.2, 0) is 11.3 Å². The molecule has 4 nitrogen and oxygen atoms in total. The van der Waals surface area contributed by atoms with E-state index < -0.39 is 0 Å². The molecule has 5 heteroatoms. The van der Waals surface area contributed by atoms with E-state index in [4.69, 9.17) is 4.74 Å². The number of carbonyl (C=O) groups is 1. The molecule has 2 rings (SSSR count). The molecule has 0 aliphatic heterocycles. The van der Waals surface area contributed by atoms with Crippen molar-refractivity contribution in [2.45, 2.75) is 13.5 Å². The van der Waals surface area contributed by atoms with Gasteiger partial charge in [-0.3, -0.25) is 4.79 Å². The highest BCUT2D eigenvalue weighted by Crippen LogP contribution is 2.15. The molecule has 0 aliphatic rings. The predicted molar refractivity (Wildman–Crippen MR) is 84.5 cm³/mol. The summed E-state index contributed by atoms with van der Waals surface area (Å²) in [4.78, 5) is 11.8. The number of rotatable bonds is 6. The number of aryl methyl sites for hydroxylation is 1. The number of halogens is 1. The van der Waals surface area contributed by atoms with E-state index >= 15 is 0 Å². The minimum absolute atomic E-state index is 0.0977. The Balaban J connectivity index is 1.81. The number of ether oxygens (including phenoxy) is 1. The van der Waals surface area contributed by atoms with E-state index in [1.807, 2.05) is 31.2 Å². The first-order valence-corrected chi connectivity index (χ1v) is 6.98. The fourth-order valence-electron chi connectivity index (χ4n) is 1.97. The van der Waals surface area contributed by atoms with Gasteiger partial charge in [0.1, 0.15) is 11.6 Å². The summed E-state index contributed by atoms with van der Waals surface area (Å²) in [6, 6.07) is 11.9. The number of hydrogen-bond acceptors (Lipinski definition) is 3. The minimum Gasteiger partial charge on any atom is -0.497 e. The summed E-state index contributed by atoms with van der Waals surface area (Å²) >= 11 is 0. The maximum absolute atomic E-state index is 13.2. The van der Waals surface area contributed by atoms with Crippen molar-refractivity contribution < 1.29 is 13.9 Å². The summed E-state index contributed by atoms with van der Waals surface area (Å²) in [5.41, 5.74) is 2.50. The molecular weight excluding hydrogens is 283 g/mol. The van der Waals surface area contributed by atoms with Gasteiger partial charge in [-0.25, -0.2) is 4.39 Å². The fraction of sp³-hybridized carbons (Fsp3) is 0.235. The first kappa shape index (κ1) is 15.8. The average molecular weight is 302 g/mol. The normalized spacial score (nSPS) is 10.1. The second-order valence-electron chi connectivity index (χ2n) is 4.94. The number of amides is 1. The summed E-state index contributed by atoms with van der Waals surface area (Å²) in [7, 11) is 1.61. The van der Waals surface area contributed by atoms with Gasteiger partial charge in [0, 0.05) is 12.2 Å². The summed E-state index contributed by atoms with van der Waals surface area (Å²) < 4.78 is 18.2. The topological polar surface area (TPSA) is 50.4 Å². The van der Waals surface area contributed by atoms with E-state index in [-0.39, 0.29) is 18.3 Å². The van der Waals surface area contributed by atoms with Crippen LogP contribution < -0.4 is 15.4 Å². The van der Waals surface area contributed by atoms with Gasteiger partial charge >= 0.3 is 0 Å². The molecule has 22 heavy (non-hydrogen) atoms. The monoisotopic (exact) mass is 302 g/mol. The van der Waals surface area contributed by atoms with Gasteiger partial charge in [0.05, 0.1) is 13.7 Å². The van der Waals surface area contributed by atoms with Crippen molar-refractivity contribution in [1.82, 2.24) is 5.32 Å². The van der Waals surface area contributed by atoms with E-state index in [0.29, 0.717) is 12.2 Å². The van der Waals surface area contributed by atoms with Gasteiger partial charge in [-0.2, -0.15) is 0 Å². The summed E-state index contributed by atoms with van der Waals surface area (Å²) in [5.74, 6) is 0.296. The van der Waals surface area contributed by atoms with E-state index in [1.54, 1.807) is 13.2 Å². The Morgan fingerprint density at radius 1 is 1.18 bits per heavy atom. The van der Waals surface area contributed by atoms with Crippen LogP contribution in [0.25, 0.3) is 0 Å². The molecule has 116 valence electrons. The van der Waals surface area contributed by atoms with E-state index in [0.717, 1.165) is 16.9 Å². The summed E-state index contributed by atoms with van der Waals surface area (Å²) in [6.45, 7) is 2.39. The minimum atomic E-state index is -0.327. The van der Waals surface area contributed by atoms with Crippen LogP contribution in [0, 0.1) is 12.7 Å². The molecule has 2 aromatic carbocycles. The molecule has 0 spiro atoms. The molecule has 0 saturated heterocycles. The highest BCUT2D eigenvalue weighted by atomic mass is 19.1. The lowest BCUT2D eigenvalue weighted by atomic mass is 10.2. The van der Waals surface area contributed by atoms with Gasteiger partial charge in [-0.1, -0.05) is 18.2 Å². The third kappa shape index (κ3) is 4.48. The molecule has 0 bridgehead atoms. The Labute approximate surface area is 129 Å². The highest BCUT2D eigenvalue weighted by Gasteiger charge is 2.04. The van der Waals surface area contributed by atoms with Crippen molar-refractivity contribution in [3.8, 4) is 5.75 Å². The SMILES string of the molecule is COc1ccc(CNC(=O)CNc2cc(F)ccc2C)cc1. The van der Waals surface area contributed by atoms with Crippen LogP contribution in [-0.4, -0.2) is 19.6 Å². The van der Waals surface area contributed by atoms with Crippen LogP contribution in [0.5, 0.6) is 5.75 Å². The van der Waals surface area contributed by atoms with Crippen molar-refractivity contribution in [3.05, 3.63) is 59.4 Å². The van der Waals surface area contributed by atoms with E-state index in [1.165, 1.54) is 12.1 Å². The first-order chi connectivity index (χ1) is 10.6. The van der Waals surface area contributed by atoms with Gasteiger partial charge in [0.25, 0.3) is 0 Å². The molecular formula is C17H19FN2O2. The molecule has 2 N–H and O–H groups in total. The Morgan fingerprint density at radius 3 is 2.59 bits per heavy atom. The van der Waals surface area contributed by atoms with Gasteiger partial charge < -0.3 is 15.4 Å². The zero-order chi connectivity index (χ0) is 15.9. The second kappa shape index (κ2) is 7.45. The number of benzene rings is 2. The Kier molecular flexibility index (Phi) is 5.36. The van der Waals surface area contributed by atoms with Crippen LogP contribution in [0.3, 0.4) is 0 Å². The maximum Gasteiger partial charge on any atom is 0.239 e. The second-order valence-corrected chi connectivity index (χ2v) is 4.94. The fourth-order valence-corrected chi connectivity index (χ4v) is 1.97. The quantitative estimate of drug-likeness (QED) is 0.862. The van der Waals surface area contributed by atoms with Crippen molar-refractivity contribution in [3.63, 3.8) is 0 Å². The predicted octanol–water partition coefficient (Wildman–Crippen LogP) is 2.87. The Hall–Kier alpha value is -2.56. The Morgan fingerprint density at radius 2 is 1.91 bits per heavy atom. The highest BCUT2D eigenvalue weighted by molar-refractivity contribution is 5.80. The van der Waals surface area contributed by atoms with Crippen LogP contribution >= 0.6 is 0 Å². The molecule has 0 atom stereocenters. The standard InChI is InChI=1S/C17H19FN2O2/c1-12-3-6-14(18)9-16(12)19-11-17(21)20-10-13-4-7-15(22-2)8-5-13/h3-9,19H,10-11H2,1-2H3,(H,20,21). The van der Waals surface area contributed by atoms with Crippen molar-refractivity contribution in [2.24, 2.45) is 0 Å². The molecule has 0 fully saturated rings. The molecule has 0 heterocycles. The molecule has 0 aromatic heterocycles. The average Bonchev–Trinajstić information content (AvgIpc) is 2.54. The van der Waals surface area contributed by atoms with Crippen LogP contribution in [0.2, 0.25) is 0 Å². The van der Waals surface area contributed by atoms with Crippen molar-refractivity contribution >= 4 is 11.6 Å². The molecule has 0 saturated carbocycles. The van der Waals surface area contributed by atoms with Crippen LogP contribution in [0.15, 0.2) is 42.5 Å². The maximum atomic E-state index is 13.2. The number of anilines is 1. The third-order valence-corrected chi connectivity index (χ3v) is 3.29. The smallest absolute Gasteiger partial charge is 0.239 e. The third-order valence-electron chi connectivity index (χ3n) is 3.29. The first-order valence-electron chi connectivity index (χ1n) is 6.98. The van der Waals surface area contributed by atoms with E-state index in [2.05, 4.69) is 10.6 Å². The lowest BCUT2D eigenvalue weighted by Gasteiger charge is -2.10. The lowest BCUT2D eigenvalue weighted by molar-refractivity contribution is -0.119.